The number of carbonyl (C=O) groups excluding carboxylic acids is 1. The Bertz CT molecular complexity index is 1880. The second-order valence-corrected chi connectivity index (χ2v) is 12.4. The van der Waals surface area contributed by atoms with Crippen LogP contribution >= 0.6 is 11.6 Å². The molecule has 5 aromatic rings. The van der Waals surface area contributed by atoms with E-state index in [9.17, 15) is 9.18 Å². The van der Waals surface area contributed by atoms with Crippen LogP contribution in [-0.2, 0) is 29.0 Å². The minimum Gasteiger partial charge on any atom is -0.473 e. The number of esters is 1. The summed E-state index contributed by atoms with van der Waals surface area (Å²) in [5, 5.41) is 0.304. The molecule has 3 aromatic carbocycles. The zero-order valence-corrected chi connectivity index (χ0v) is 25.9. The summed E-state index contributed by atoms with van der Waals surface area (Å²) in [5.74, 6) is -0.341. The number of nitrogens with zero attached hydrogens (tertiary/aromatic N) is 3. The summed E-state index contributed by atoms with van der Waals surface area (Å²) in [4.78, 5) is 22.1. The van der Waals surface area contributed by atoms with E-state index in [1.165, 1.54) is 12.1 Å². The van der Waals surface area contributed by atoms with Gasteiger partial charge in [0, 0.05) is 35.2 Å². The minimum absolute atomic E-state index is 0.0234. The third-order valence-electron chi connectivity index (χ3n) is 7.45. The van der Waals surface area contributed by atoms with Gasteiger partial charge < -0.3 is 18.8 Å². The second kappa shape index (κ2) is 12.6. The highest BCUT2D eigenvalue weighted by atomic mass is 35.5. The highest BCUT2D eigenvalue weighted by Gasteiger charge is 2.24. The first kappa shape index (κ1) is 30.7. The number of imidazole rings is 1. The maximum atomic E-state index is 15.6. The molecule has 6 rings (SSSR count). The Kier molecular flexibility index (Phi) is 8.57. The smallest absolute Gasteiger partial charge is 0.338 e. The fourth-order valence-corrected chi connectivity index (χ4v) is 5.23. The molecule has 0 amide bonds. The first-order valence-corrected chi connectivity index (χ1v) is 15.1. The summed E-state index contributed by atoms with van der Waals surface area (Å²) < 4.78 is 48.7. The van der Waals surface area contributed by atoms with E-state index in [4.69, 9.17) is 30.8 Å². The van der Waals surface area contributed by atoms with Crippen molar-refractivity contribution in [2.45, 2.75) is 58.5 Å². The molecule has 0 N–H and O–H groups in total. The molecule has 1 fully saturated rings. The predicted molar refractivity (Wildman–Crippen MR) is 167 cm³/mol. The van der Waals surface area contributed by atoms with Crippen LogP contribution in [0.2, 0.25) is 5.02 Å². The van der Waals surface area contributed by atoms with Gasteiger partial charge in [0.2, 0.25) is 5.88 Å². The van der Waals surface area contributed by atoms with Crippen molar-refractivity contribution in [3.05, 3.63) is 112 Å². The van der Waals surface area contributed by atoms with Gasteiger partial charge in [0.15, 0.2) is 0 Å². The predicted octanol–water partition coefficient (Wildman–Crippen LogP) is 7.94. The summed E-state index contributed by atoms with van der Waals surface area (Å²) in [6.45, 7) is 6.69. The van der Waals surface area contributed by atoms with Gasteiger partial charge in [-0.05, 0) is 75.2 Å². The van der Waals surface area contributed by atoms with Crippen molar-refractivity contribution < 1.29 is 27.8 Å². The summed E-state index contributed by atoms with van der Waals surface area (Å²) in [6, 6.07) is 19.8. The van der Waals surface area contributed by atoms with Crippen LogP contribution < -0.4 is 4.74 Å². The molecule has 1 aliphatic heterocycles. The van der Waals surface area contributed by atoms with Gasteiger partial charge in [-0.25, -0.2) is 23.5 Å². The summed E-state index contributed by atoms with van der Waals surface area (Å²) in [6.07, 6.45) is 1.17. The van der Waals surface area contributed by atoms with Crippen LogP contribution in [0, 0.1) is 11.6 Å². The van der Waals surface area contributed by atoms with Crippen molar-refractivity contribution in [3.8, 4) is 17.1 Å². The van der Waals surface area contributed by atoms with E-state index in [1.807, 2.05) is 25.3 Å². The van der Waals surface area contributed by atoms with Crippen molar-refractivity contribution in [3.63, 3.8) is 0 Å². The normalized spacial score (nSPS) is 14.8. The van der Waals surface area contributed by atoms with Gasteiger partial charge in [-0.15, -0.1) is 0 Å². The molecular formula is C35H32ClF2N3O4. The van der Waals surface area contributed by atoms with Gasteiger partial charge in [-0.1, -0.05) is 35.9 Å². The molecule has 1 aliphatic rings. The Morgan fingerprint density at radius 3 is 2.49 bits per heavy atom. The molecule has 0 radical (unpaired) electrons. The number of halogens is 3. The lowest BCUT2D eigenvalue weighted by atomic mass is 10.1. The van der Waals surface area contributed by atoms with Crippen LogP contribution in [-0.4, -0.2) is 38.8 Å². The molecule has 232 valence electrons. The van der Waals surface area contributed by atoms with E-state index in [0.29, 0.717) is 57.5 Å². The number of fused-ring (bicyclic) bond motifs is 1. The lowest BCUT2D eigenvalue weighted by Crippen LogP contribution is -2.31. The van der Waals surface area contributed by atoms with E-state index >= 15 is 4.39 Å². The molecule has 2 aromatic heterocycles. The summed E-state index contributed by atoms with van der Waals surface area (Å²) in [5.41, 5.74) is 3.15. The van der Waals surface area contributed by atoms with Crippen molar-refractivity contribution in [2.75, 3.05) is 6.61 Å². The van der Waals surface area contributed by atoms with Crippen LogP contribution in [0.15, 0.2) is 72.8 Å². The number of benzene rings is 3. The quantitative estimate of drug-likeness (QED) is 0.154. The van der Waals surface area contributed by atoms with E-state index in [0.717, 1.165) is 11.9 Å². The van der Waals surface area contributed by atoms with E-state index < -0.39 is 23.2 Å². The van der Waals surface area contributed by atoms with Crippen LogP contribution in [0.3, 0.4) is 0 Å². The third-order valence-corrected chi connectivity index (χ3v) is 7.69. The Labute approximate surface area is 264 Å². The minimum atomic E-state index is -0.623. The lowest BCUT2D eigenvalue weighted by Gasteiger charge is -2.27. The van der Waals surface area contributed by atoms with Crippen molar-refractivity contribution in [1.82, 2.24) is 14.5 Å². The van der Waals surface area contributed by atoms with Crippen molar-refractivity contribution in [1.29, 1.82) is 0 Å². The summed E-state index contributed by atoms with van der Waals surface area (Å²) >= 11 is 5.83. The third kappa shape index (κ3) is 7.16. The van der Waals surface area contributed by atoms with Crippen molar-refractivity contribution in [2.24, 2.45) is 0 Å². The van der Waals surface area contributed by atoms with Crippen LogP contribution in [0.4, 0.5) is 8.78 Å². The molecule has 10 heteroatoms. The van der Waals surface area contributed by atoms with Gasteiger partial charge in [0.25, 0.3) is 0 Å². The van der Waals surface area contributed by atoms with Gasteiger partial charge in [0.1, 0.15) is 29.7 Å². The largest absolute Gasteiger partial charge is 0.473 e. The number of pyridine rings is 1. The Balaban J connectivity index is 1.23. The molecule has 1 saturated heterocycles. The summed E-state index contributed by atoms with van der Waals surface area (Å²) in [7, 11) is 0. The average molecular weight is 632 g/mol. The molecule has 1 atom stereocenters. The number of rotatable bonds is 9. The average Bonchev–Trinajstić information content (AvgIpc) is 3.30. The highest BCUT2D eigenvalue weighted by Crippen LogP contribution is 2.28. The maximum Gasteiger partial charge on any atom is 0.338 e. The second-order valence-electron chi connectivity index (χ2n) is 12.0. The van der Waals surface area contributed by atoms with Crippen LogP contribution in [0.5, 0.6) is 5.88 Å². The number of hydrogen-bond donors (Lipinski definition) is 0. The van der Waals surface area contributed by atoms with Gasteiger partial charge >= 0.3 is 5.97 Å². The fraction of sp³-hybridized carbons (Fsp3) is 0.286. The molecule has 0 aliphatic carbocycles. The Hall–Kier alpha value is -4.34. The Morgan fingerprint density at radius 2 is 1.78 bits per heavy atom. The first-order valence-electron chi connectivity index (χ1n) is 14.7. The number of aromatic nitrogens is 3. The van der Waals surface area contributed by atoms with Crippen molar-refractivity contribution >= 4 is 28.6 Å². The van der Waals surface area contributed by atoms with Crippen LogP contribution in [0.25, 0.3) is 22.3 Å². The molecule has 45 heavy (non-hydrogen) atoms. The van der Waals surface area contributed by atoms with E-state index in [2.05, 4.69) is 4.98 Å². The maximum absolute atomic E-state index is 15.6. The number of carbonyl (C=O) groups is 1. The number of hydrogen-bond acceptors (Lipinski definition) is 6. The fourth-order valence-electron chi connectivity index (χ4n) is 5.07. The molecule has 0 spiro atoms. The van der Waals surface area contributed by atoms with Gasteiger partial charge in [-0.3, -0.25) is 0 Å². The molecule has 0 bridgehead atoms. The molecule has 7 nitrogen and oxygen atoms in total. The highest BCUT2D eigenvalue weighted by molar-refractivity contribution is 6.30. The first-order chi connectivity index (χ1) is 21.5. The molecule has 0 unspecified atom stereocenters. The zero-order valence-electron chi connectivity index (χ0n) is 25.1. The SMILES string of the molecule is CC(C)(C)OC(=O)c1ccc2nc(Cc3ccc(-c4cccc(OCc5ccc(Cl)cc5F)n4)cc3F)n(C[C@@H]3CCO3)c2c1. The zero-order chi connectivity index (χ0) is 31.7. The van der Waals surface area contributed by atoms with E-state index in [-0.39, 0.29) is 25.0 Å². The molecule has 3 heterocycles. The van der Waals surface area contributed by atoms with E-state index in [1.54, 1.807) is 60.7 Å². The Morgan fingerprint density at radius 1 is 1.00 bits per heavy atom. The topological polar surface area (TPSA) is 75.5 Å². The molecular weight excluding hydrogens is 600 g/mol. The monoisotopic (exact) mass is 631 g/mol. The number of ether oxygens (including phenoxy) is 3. The standard InChI is InChI=1S/C35H32ClF2N3O4/c1-35(2,3)45-34(42)23-10-12-30-31(16-23)41(19-26-13-14-43-26)32(39-30)17-21-7-8-22(15-27(21)37)29-5-4-6-33(40-29)44-20-24-9-11-25(36)18-28(24)38/h4-12,15-16,18,26H,13-14,17,19-20H2,1-3H3/t26-/m0/s1. The lowest BCUT2D eigenvalue weighted by molar-refractivity contribution is -0.0589. The van der Waals surface area contributed by atoms with Gasteiger partial charge in [0.05, 0.1) is 34.9 Å². The van der Waals surface area contributed by atoms with Crippen LogP contribution in [0.1, 0.15) is 54.5 Å². The van der Waals surface area contributed by atoms with Gasteiger partial charge in [-0.2, -0.15) is 0 Å². The molecule has 0 saturated carbocycles.